The van der Waals surface area contributed by atoms with E-state index in [1.54, 1.807) is 35.0 Å². The van der Waals surface area contributed by atoms with E-state index in [2.05, 4.69) is 10.6 Å². The standard InChI is InChI=1S/C18H21N3O4/c1-18(2,3)21-16(10-14(19-21)15-9-13(22)11-24-15)20-25-17(23)12-7-5-4-6-8-12/h4-8,10,15,20H,9,11H2,1-3H3/t15-/m0/s1. The zero-order valence-corrected chi connectivity index (χ0v) is 14.5. The Bertz CT molecular complexity index is 777. The molecule has 1 saturated heterocycles. The summed E-state index contributed by atoms with van der Waals surface area (Å²) >= 11 is 0. The quantitative estimate of drug-likeness (QED) is 0.860. The molecule has 25 heavy (non-hydrogen) atoms. The van der Waals surface area contributed by atoms with Crippen molar-refractivity contribution in [2.24, 2.45) is 0 Å². The lowest BCUT2D eigenvalue weighted by molar-refractivity contribution is -0.117. The molecular formula is C18H21N3O4. The van der Waals surface area contributed by atoms with Gasteiger partial charge in [-0.05, 0) is 32.9 Å². The molecule has 7 heteroatoms. The van der Waals surface area contributed by atoms with Crippen molar-refractivity contribution < 1.29 is 19.2 Å². The van der Waals surface area contributed by atoms with Gasteiger partial charge in [0.15, 0.2) is 11.6 Å². The molecule has 2 heterocycles. The van der Waals surface area contributed by atoms with Crippen molar-refractivity contribution in [2.45, 2.75) is 38.8 Å². The van der Waals surface area contributed by atoms with Gasteiger partial charge in [-0.3, -0.25) is 4.79 Å². The summed E-state index contributed by atoms with van der Waals surface area (Å²) in [6.07, 6.45) is -0.0498. The highest BCUT2D eigenvalue weighted by molar-refractivity contribution is 5.89. The molecule has 1 aromatic carbocycles. The predicted octanol–water partition coefficient (Wildman–Crippen LogP) is 2.85. The van der Waals surface area contributed by atoms with E-state index in [1.807, 2.05) is 26.8 Å². The number of aromatic nitrogens is 2. The van der Waals surface area contributed by atoms with Crippen molar-refractivity contribution in [2.75, 3.05) is 12.1 Å². The second-order valence-corrected chi connectivity index (χ2v) is 6.94. The molecule has 2 aromatic rings. The van der Waals surface area contributed by atoms with Gasteiger partial charge in [0.05, 0.1) is 16.8 Å². The number of carbonyl (C=O) groups is 2. The summed E-state index contributed by atoms with van der Waals surface area (Å²) in [6.45, 7) is 6.05. The Hall–Kier alpha value is -2.67. The van der Waals surface area contributed by atoms with E-state index in [0.29, 0.717) is 23.5 Å². The number of hydrogen-bond acceptors (Lipinski definition) is 6. The van der Waals surface area contributed by atoms with Gasteiger partial charge in [0, 0.05) is 12.5 Å². The molecule has 1 N–H and O–H groups in total. The highest BCUT2D eigenvalue weighted by Crippen LogP contribution is 2.30. The molecule has 7 nitrogen and oxygen atoms in total. The van der Waals surface area contributed by atoms with E-state index in [4.69, 9.17) is 9.57 Å². The highest BCUT2D eigenvalue weighted by atomic mass is 16.7. The van der Waals surface area contributed by atoms with Gasteiger partial charge >= 0.3 is 5.97 Å². The molecule has 0 saturated carbocycles. The van der Waals surface area contributed by atoms with Crippen LogP contribution in [0.1, 0.15) is 49.3 Å². The van der Waals surface area contributed by atoms with E-state index < -0.39 is 5.97 Å². The van der Waals surface area contributed by atoms with Crippen LogP contribution in [0.2, 0.25) is 0 Å². The van der Waals surface area contributed by atoms with Crippen molar-refractivity contribution in [1.82, 2.24) is 9.78 Å². The summed E-state index contributed by atoms with van der Waals surface area (Å²) in [6, 6.07) is 10.5. The third-order valence-electron chi connectivity index (χ3n) is 3.81. The number of ether oxygens (including phenoxy) is 1. The van der Waals surface area contributed by atoms with Crippen LogP contribution in [0.15, 0.2) is 36.4 Å². The summed E-state index contributed by atoms with van der Waals surface area (Å²) < 4.78 is 7.18. The van der Waals surface area contributed by atoms with Gasteiger partial charge in [0.2, 0.25) is 0 Å². The molecule has 0 aliphatic carbocycles. The molecule has 1 aliphatic heterocycles. The van der Waals surface area contributed by atoms with Crippen LogP contribution in [0.25, 0.3) is 0 Å². The Balaban J connectivity index is 1.78. The molecule has 1 aromatic heterocycles. The first kappa shape index (κ1) is 17.2. The minimum Gasteiger partial charge on any atom is -0.364 e. The van der Waals surface area contributed by atoms with Gasteiger partial charge in [0.25, 0.3) is 0 Å². The topological polar surface area (TPSA) is 82.5 Å². The van der Waals surface area contributed by atoms with Crippen molar-refractivity contribution in [1.29, 1.82) is 0 Å². The zero-order chi connectivity index (χ0) is 18.0. The summed E-state index contributed by atoms with van der Waals surface area (Å²) in [5, 5.41) is 4.53. The number of hydrogen-bond donors (Lipinski definition) is 1. The van der Waals surface area contributed by atoms with E-state index in [-0.39, 0.29) is 24.0 Å². The molecule has 1 fully saturated rings. The largest absolute Gasteiger partial charge is 0.364 e. The Morgan fingerprint density at radius 1 is 1.32 bits per heavy atom. The van der Waals surface area contributed by atoms with Crippen molar-refractivity contribution in [3.05, 3.63) is 47.7 Å². The normalized spacial score (nSPS) is 17.6. The average molecular weight is 343 g/mol. The second kappa shape index (κ2) is 6.68. The zero-order valence-electron chi connectivity index (χ0n) is 14.5. The van der Waals surface area contributed by atoms with Gasteiger partial charge in [-0.1, -0.05) is 18.2 Å². The van der Waals surface area contributed by atoms with E-state index >= 15 is 0 Å². The van der Waals surface area contributed by atoms with E-state index in [9.17, 15) is 9.59 Å². The third-order valence-corrected chi connectivity index (χ3v) is 3.81. The first-order valence-electron chi connectivity index (χ1n) is 8.10. The fourth-order valence-corrected chi connectivity index (χ4v) is 2.58. The summed E-state index contributed by atoms with van der Waals surface area (Å²) in [4.78, 5) is 28.7. The maximum absolute atomic E-state index is 12.1. The van der Waals surface area contributed by atoms with Crippen molar-refractivity contribution in [3.63, 3.8) is 0 Å². The number of carbonyl (C=O) groups excluding carboxylic acids is 2. The number of ketones is 1. The fraction of sp³-hybridized carbons (Fsp3) is 0.389. The minimum atomic E-state index is -0.490. The molecular weight excluding hydrogens is 322 g/mol. The molecule has 132 valence electrons. The molecule has 0 radical (unpaired) electrons. The van der Waals surface area contributed by atoms with Crippen LogP contribution in [0.5, 0.6) is 0 Å². The van der Waals surface area contributed by atoms with E-state index in [1.165, 1.54) is 0 Å². The molecule has 0 unspecified atom stereocenters. The van der Waals surface area contributed by atoms with Crippen molar-refractivity contribution >= 4 is 17.6 Å². The van der Waals surface area contributed by atoms with Crippen LogP contribution < -0.4 is 5.48 Å². The molecule has 0 spiro atoms. The SMILES string of the molecule is CC(C)(C)n1nc([C@@H]2CC(=O)CO2)cc1NOC(=O)c1ccccc1. The number of Topliss-reactive ketones (excluding diaryl/α,β-unsaturated/α-hetero) is 1. The maximum atomic E-state index is 12.1. The third kappa shape index (κ3) is 3.88. The van der Waals surface area contributed by atoms with Crippen LogP contribution in [0.3, 0.4) is 0 Å². The molecule has 0 amide bonds. The van der Waals surface area contributed by atoms with Crippen LogP contribution in [-0.2, 0) is 19.9 Å². The second-order valence-electron chi connectivity index (χ2n) is 6.94. The number of nitrogens with zero attached hydrogens (tertiary/aromatic N) is 2. The van der Waals surface area contributed by atoms with Gasteiger partial charge in [0.1, 0.15) is 12.7 Å². The van der Waals surface area contributed by atoms with Gasteiger partial charge < -0.3 is 9.57 Å². The Morgan fingerprint density at radius 3 is 2.64 bits per heavy atom. The summed E-state index contributed by atoms with van der Waals surface area (Å²) in [5.74, 6) is 0.0890. The molecule has 3 rings (SSSR count). The van der Waals surface area contributed by atoms with Crippen LogP contribution in [0, 0.1) is 0 Å². The maximum Gasteiger partial charge on any atom is 0.362 e. The lowest BCUT2D eigenvalue weighted by Crippen LogP contribution is -2.26. The Kier molecular flexibility index (Phi) is 4.59. The lowest BCUT2D eigenvalue weighted by atomic mass is 10.1. The van der Waals surface area contributed by atoms with Crippen LogP contribution >= 0.6 is 0 Å². The molecule has 1 aliphatic rings. The summed E-state index contributed by atoms with van der Waals surface area (Å²) in [5.41, 5.74) is 3.42. The first-order valence-corrected chi connectivity index (χ1v) is 8.10. The first-order chi connectivity index (χ1) is 11.8. The smallest absolute Gasteiger partial charge is 0.362 e. The number of rotatable bonds is 4. The van der Waals surface area contributed by atoms with Gasteiger partial charge in [-0.2, -0.15) is 5.10 Å². The van der Waals surface area contributed by atoms with Crippen molar-refractivity contribution in [3.8, 4) is 0 Å². The monoisotopic (exact) mass is 343 g/mol. The predicted molar refractivity (Wildman–Crippen MR) is 91.0 cm³/mol. The number of benzene rings is 1. The fourth-order valence-electron chi connectivity index (χ4n) is 2.58. The van der Waals surface area contributed by atoms with Gasteiger partial charge in [-0.25, -0.2) is 15.0 Å². The van der Waals surface area contributed by atoms with Crippen LogP contribution in [0.4, 0.5) is 5.82 Å². The van der Waals surface area contributed by atoms with Gasteiger partial charge in [-0.15, -0.1) is 0 Å². The Morgan fingerprint density at radius 2 is 2.04 bits per heavy atom. The molecule has 0 bridgehead atoms. The Labute approximate surface area is 145 Å². The lowest BCUT2D eigenvalue weighted by Gasteiger charge is -2.22. The number of nitrogens with one attached hydrogen (secondary N) is 1. The highest BCUT2D eigenvalue weighted by Gasteiger charge is 2.29. The molecule has 1 atom stereocenters. The van der Waals surface area contributed by atoms with E-state index in [0.717, 1.165) is 0 Å². The number of anilines is 1. The average Bonchev–Trinajstić information content (AvgIpc) is 3.19. The van der Waals surface area contributed by atoms with Crippen LogP contribution in [-0.4, -0.2) is 28.1 Å². The summed E-state index contributed by atoms with van der Waals surface area (Å²) in [7, 11) is 0. The minimum absolute atomic E-state index is 0.0559.